The summed E-state index contributed by atoms with van der Waals surface area (Å²) in [7, 11) is 3.74. The van der Waals surface area contributed by atoms with Gasteiger partial charge in [-0.2, -0.15) is 0 Å². The average Bonchev–Trinajstić information content (AvgIpc) is 2.28. The van der Waals surface area contributed by atoms with E-state index in [0.29, 0.717) is 0 Å². The monoisotopic (exact) mass is 233 g/mol. The largest absolute Gasteiger partial charge is 0.372 e. The number of nitrogens with one attached hydrogen (secondary N) is 2. The molecule has 0 heterocycles. The van der Waals surface area contributed by atoms with Gasteiger partial charge in [0.1, 0.15) is 5.78 Å². The summed E-state index contributed by atoms with van der Waals surface area (Å²) in [6, 6.07) is 0.0448. The topological polar surface area (TPSA) is 84.2 Å². The molecule has 0 aromatic heterocycles. The zero-order chi connectivity index (χ0) is 13.4. The Hall–Kier alpha value is -0.940. The number of Topliss-reactive ketones (excluding diaryl/α,β-unsaturated/α-hetero) is 1. The minimum absolute atomic E-state index is 0.0448. The van der Waals surface area contributed by atoms with Gasteiger partial charge in [0.05, 0.1) is 6.04 Å². The molecule has 0 aliphatic carbocycles. The summed E-state index contributed by atoms with van der Waals surface area (Å²) in [5.74, 6) is 0.226. The van der Waals surface area contributed by atoms with Crippen LogP contribution in [-0.2, 0) is 9.59 Å². The lowest BCUT2D eigenvalue weighted by atomic mass is 10.1. The lowest BCUT2D eigenvalue weighted by Crippen LogP contribution is -2.32. The smallest absolute Gasteiger partial charge is 0.204 e. The van der Waals surface area contributed by atoms with Gasteiger partial charge in [-0.1, -0.05) is 13.8 Å². The van der Waals surface area contributed by atoms with E-state index in [1.165, 1.54) is 0 Å². The van der Waals surface area contributed by atoms with Gasteiger partial charge in [0.25, 0.3) is 0 Å². The standard InChI is InChI=1S/C8H18N2O.C2H6.CH3NO/c1-7(11)8(10-3)5-4-6-9-2;1-2;2-1-3/h8-10H,4-6H2,1-3H3;1-2H3;1H,(H2,2,3). The molecule has 0 fully saturated rings. The Bertz CT molecular complexity index is 152. The first-order valence-corrected chi connectivity index (χ1v) is 5.61. The summed E-state index contributed by atoms with van der Waals surface area (Å²) in [6.45, 7) is 6.60. The lowest BCUT2D eigenvalue weighted by molar-refractivity contribution is -0.119. The van der Waals surface area contributed by atoms with Crippen LogP contribution in [0.15, 0.2) is 0 Å². The quantitative estimate of drug-likeness (QED) is 0.455. The fourth-order valence-corrected chi connectivity index (χ4v) is 1.03. The predicted octanol–water partition coefficient (Wildman–Crippen LogP) is 0.291. The van der Waals surface area contributed by atoms with E-state index in [4.69, 9.17) is 4.79 Å². The molecule has 0 radical (unpaired) electrons. The SMILES string of the molecule is CC.CNCCCC(NC)C(C)=O.NC=O. The molecule has 98 valence electrons. The fraction of sp³-hybridized carbons (Fsp3) is 0.818. The maximum atomic E-state index is 10.9. The molecule has 16 heavy (non-hydrogen) atoms. The summed E-state index contributed by atoms with van der Waals surface area (Å²) in [4.78, 5) is 19.5. The van der Waals surface area contributed by atoms with Crippen LogP contribution in [0.3, 0.4) is 0 Å². The van der Waals surface area contributed by atoms with Crippen LogP contribution in [0, 0.1) is 0 Å². The number of rotatable bonds is 6. The van der Waals surface area contributed by atoms with Gasteiger partial charge < -0.3 is 16.4 Å². The Morgan fingerprint density at radius 1 is 1.38 bits per heavy atom. The highest BCUT2D eigenvalue weighted by atomic mass is 16.1. The number of hydrogen-bond donors (Lipinski definition) is 3. The van der Waals surface area contributed by atoms with Gasteiger partial charge in [-0.05, 0) is 40.4 Å². The van der Waals surface area contributed by atoms with Crippen molar-refractivity contribution in [1.82, 2.24) is 10.6 Å². The third kappa shape index (κ3) is 18.8. The second-order valence-corrected chi connectivity index (χ2v) is 2.83. The molecule has 0 saturated carbocycles. The molecule has 0 rings (SSSR count). The first kappa shape index (κ1) is 20.5. The molecule has 1 atom stereocenters. The van der Waals surface area contributed by atoms with Gasteiger partial charge in [-0.25, -0.2) is 0 Å². The third-order valence-electron chi connectivity index (χ3n) is 1.76. The second kappa shape index (κ2) is 19.6. The van der Waals surface area contributed by atoms with E-state index in [0.717, 1.165) is 19.4 Å². The van der Waals surface area contributed by atoms with E-state index in [1.54, 1.807) is 6.92 Å². The molecule has 0 bridgehead atoms. The van der Waals surface area contributed by atoms with Crippen molar-refractivity contribution in [3.63, 3.8) is 0 Å². The number of ketones is 1. The maximum absolute atomic E-state index is 10.9. The van der Waals surface area contributed by atoms with E-state index in [9.17, 15) is 4.79 Å². The minimum atomic E-state index is 0.0448. The number of primary amides is 1. The Kier molecular flexibility index (Phi) is 25.1. The summed E-state index contributed by atoms with van der Waals surface area (Å²) in [5, 5.41) is 6.03. The van der Waals surface area contributed by atoms with E-state index in [-0.39, 0.29) is 18.2 Å². The molecule has 5 heteroatoms. The highest BCUT2D eigenvalue weighted by Crippen LogP contribution is 1.96. The van der Waals surface area contributed by atoms with Crippen molar-refractivity contribution in [3.8, 4) is 0 Å². The van der Waals surface area contributed by atoms with Crippen LogP contribution in [0.25, 0.3) is 0 Å². The Morgan fingerprint density at radius 3 is 2.06 bits per heavy atom. The summed E-state index contributed by atoms with van der Waals surface area (Å²) < 4.78 is 0. The number of carbonyl (C=O) groups is 2. The van der Waals surface area contributed by atoms with Crippen molar-refractivity contribution in [2.45, 2.75) is 39.7 Å². The second-order valence-electron chi connectivity index (χ2n) is 2.83. The summed E-state index contributed by atoms with van der Waals surface area (Å²) in [5.41, 5.74) is 4.17. The van der Waals surface area contributed by atoms with Crippen molar-refractivity contribution >= 4 is 12.2 Å². The van der Waals surface area contributed by atoms with Crippen molar-refractivity contribution < 1.29 is 9.59 Å². The normalized spacial score (nSPS) is 10.1. The molecule has 5 nitrogen and oxygen atoms in total. The molecule has 0 aliphatic rings. The van der Waals surface area contributed by atoms with Crippen LogP contribution in [0.1, 0.15) is 33.6 Å². The summed E-state index contributed by atoms with van der Waals surface area (Å²) in [6.07, 6.45) is 2.22. The first-order valence-electron chi connectivity index (χ1n) is 5.61. The highest BCUT2D eigenvalue weighted by molar-refractivity contribution is 5.81. The van der Waals surface area contributed by atoms with Gasteiger partial charge in [0.2, 0.25) is 6.41 Å². The maximum Gasteiger partial charge on any atom is 0.204 e. The molecule has 1 unspecified atom stereocenters. The Morgan fingerprint density at radius 2 is 1.81 bits per heavy atom. The number of carbonyl (C=O) groups excluding carboxylic acids is 2. The predicted molar refractivity (Wildman–Crippen MR) is 68.3 cm³/mol. The third-order valence-corrected chi connectivity index (χ3v) is 1.76. The van der Waals surface area contributed by atoms with E-state index >= 15 is 0 Å². The van der Waals surface area contributed by atoms with Crippen molar-refractivity contribution in [2.75, 3.05) is 20.6 Å². The Balaban J connectivity index is -0.000000289. The van der Waals surface area contributed by atoms with E-state index in [2.05, 4.69) is 16.4 Å². The highest BCUT2D eigenvalue weighted by Gasteiger charge is 2.09. The van der Waals surface area contributed by atoms with Crippen LogP contribution >= 0.6 is 0 Å². The van der Waals surface area contributed by atoms with Crippen molar-refractivity contribution in [1.29, 1.82) is 0 Å². The fourth-order valence-electron chi connectivity index (χ4n) is 1.03. The minimum Gasteiger partial charge on any atom is -0.372 e. The van der Waals surface area contributed by atoms with Crippen LogP contribution in [-0.4, -0.2) is 38.9 Å². The van der Waals surface area contributed by atoms with Gasteiger partial charge in [-0.3, -0.25) is 9.59 Å². The number of amides is 1. The van der Waals surface area contributed by atoms with Crippen LogP contribution in [0.5, 0.6) is 0 Å². The molecule has 0 aromatic rings. The van der Waals surface area contributed by atoms with Crippen LogP contribution < -0.4 is 16.4 Å². The Labute approximate surface area is 99.2 Å². The molecule has 0 aromatic carbocycles. The molecule has 4 N–H and O–H groups in total. The average molecular weight is 233 g/mol. The van der Waals surface area contributed by atoms with E-state index < -0.39 is 0 Å². The van der Waals surface area contributed by atoms with Gasteiger partial charge in [0.15, 0.2) is 0 Å². The molecular weight excluding hydrogens is 206 g/mol. The molecule has 0 spiro atoms. The van der Waals surface area contributed by atoms with Crippen molar-refractivity contribution in [2.24, 2.45) is 5.73 Å². The molecule has 1 amide bonds. The van der Waals surface area contributed by atoms with Crippen LogP contribution in [0.2, 0.25) is 0 Å². The molecule has 0 saturated heterocycles. The first-order chi connectivity index (χ1) is 7.63. The number of nitrogens with two attached hydrogens (primary N) is 1. The van der Waals surface area contributed by atoms with Crippen molar-refractivity contribution in [3.05, 3.63) is 0 Å². The molecule has 0 aliphatic heterocycles. The molecular formula is C11H27N3O2. The van der Waals surface area contributed by atoms with Gasteiger partial charge >= 0.3 is 0 Å². The van der Waals surface area contributed by atoms with Gasteiger partial charge in [0, 0.05) is 0 Å². The lowest BCUT2D eigenvalue weighted by Gasteiger charge is -2.11. The number of hydrogen-bond acceptors (Lipinski definition) is 4. The van der Waals surface area contributed by atoms with Gasteiger partial charge in [-0.15, -0.1) is 0 Å². The number of likely N-dealkylation sites (N-methyl/N-ethyl adjacent to an activating group) is 1. The van der Waals surface area contributed by atoms with Crippen LogP contribution in [0.4, 0.5) is 0 Å². The zero-order valence-corrected chi connectivity index (χ0v) is 11.2. The zero-order valence-electron chi connectivity index (χ0n) is 11.2. The van der Waals surface area contributed by atoms with E-state index in [1.807, 2.05) is 27.9 Å². The summed E-state index contributed by atoms with van der Waals surface area (Å²) >= 11 is 0.